The van der Waals surface area contributed by atoms with E-state index in [1.807, 2.05) is 60.9 Å². The predicted octanol–water partition coefficient (Wildman–Crippen LogP) is 6.60. The molecule has 0 fully saturated rings. The van der Waals surface area contributed by atoms with Crippen LogP contribution in [0.4, 0.5) is 5.69 Å². The molecule has 0 saturated heterocycles. The summed E-state index contributed by atoms with van der Waals surface area (Å²) in [5.74, 6) is 1.16. The Morgan fingerprint density at radius 1 is 1.03 bits per heavy atom. The molecule has 0 saturated carbocycles. The molecular weight excluding hydrogens is 491 g/mol. The number of benzene rings is 3. The number of hydrogen-bond donors (Lipinski definition) is 1. The molecule has 0 atom stereocenters. The van der Waals surface area contributed by atoms with Crippen LogP contribution in [-0.2, 0) is 4.79 Å². The lowest BCUT2D eigenvalue weighted by Gasteiger charge is -2.15. The number of para-hydroxylation sites is 3. The van der Waals surface area contributed by atoms with E-state index in [4.69, 9.17) is 27.9 Å². The molecule has 0 unspecified atom stereocenters. The van der Waals surface area contributed by atoms with Gasteiger partial charge in [-0.2, -0.15) is 0 Å². The van der Waals surface area contributed by atoms with Crippen LogP contribution in [0.25, 0.3) is 17.1 Å². The molecule has 0 aliphatic rings. The fourth-order valence-corrected chi connectivity index (χ4v) is 4.80. The Morgan fingerprint density at radius 2 is 1.76 bits per heavy atom. The van der Waals surface area contributed by atoms with Crippen molar-refractivity contribution >= 4 is 46.6 Å². The number of nitrogens with zero attached hydrogens (tertiary/aromatic N) is 3. The van der Waals surface area contributed by atoms with Crippen molar-refractivity contribution in [2.24, 2.45) is 0 Å². The zero-order valence-corrected chi connectivity index (χ0v) is 21.1. The van der Waals surface area contributed by atoms with Gasteiger partial charge < -0.3 is 10.1 Å². The summed E-state index contributed by atoms with van der Waals surface area (Å²) >= 11 is 13.9. The lowest BCUT2D eigenvalue weighted by Crippen LogP contribution is -2.16. The van der Waals surface area contributed by atoms with Gasteiger partial charge in [0.05, 0.1) is 23.6 Å². The second-order valence-electron chi connectivity index (χ2n) is 7.54. The van der Waals surface area contributed by atoms with Crippen LogP contribution in [0, 0.1) is 13.8 Å². The van der Waals surface area contributed by atoms with Crippen LogP contribution in [0.3, 0.4) is 0 Å². The number of nitrogens with one attached hydrogen (secondary N) is 1. The molecule has 34 heavy (non-hydrogen) atoms. The van der Waals surface area contributed by atoms with Crippen molar-refractivity contribution in [1.82, 2.24) is 14.8 Å². The smallest absolute Gasteiger partial charge is 0.234 e. The van der Waals surface area contributed by atoms with E-state index < -0.39 is 0 Å². The van der Waals surface area contributed by atoms with Gasteiger partial charge >= 0.3 is 0 Å². The highest BCUT2D eigenvalue weighted by Gasteiger charge is 2.21. The summed E-state index contributed by atoms with van der Waals surface area (Å²) in [5.41, 5.74) is 4.24. The minimum absolute atomic E-state index is 0.136. The van der Waals surface area contributed by atoms with Gasteiger partial charge in [0.2, 0.25) is 5.91 Å². The van der Waals surface area contributed by atoms with Gasteiger partial charge in [0.25, 0.3) is 0 Å². The highest BCUT2D eigenvalue weighted by Crippen LogP contribution is 2.36. The lowest BCUT2D eigenvalue weighted by atomic mass is 10.1. The van der Waals surface area contributed by atoms with E-state index in [1.165, 1.54) is 11.8 Å². The average molecular weight is 513 g/mol. The van der Waals surface area contributed by atoms with Crippen molar-refractivity contribution in [1.29, 1.82) is 0 Å². The maximum absolute atomic E-state index is 12.8. The molecule has 0 spiro atoms. The summed E-state index contributed by atoms with van der Waals surface area (Å²) in [4.78, 5) is 12.8. The molecule has 0 radical (unpaired) electrons. The van der Waals surface area contributed by atoms with E-state index in [2.05, 4.69) is 15.5 Å². The minimum Gasteiger partial charge on any atom is -0.495 e. The van der Waals surface area contributed by atoms with E-state index in [1.54, 1.807) is 25.3 Å². The van der Waals surface area contributed by atoms with Gasteiger partial charge in [0, 0.05) is 16.3 Å². The third-order valence-electron chi connectivity index (χ3n) is 5.21. The van der Waals surface area contributed by atoms with E-state index in [9.17, 15) is 4.79 Å². The molecule has 0 aliphatic heterocycles. The van der Waals surface area contributed by atoms with Crippen molar-refractivity contribution < 1.29 is 9.53 Å². The Hall–Kier alpha value is -3.00. The molecule has 9 heteroatoms. The first-order valence-electron chi connectivity index (χ1n) is 10.4. The summed E-state index contributed by atoms with van der Waals surface area (Å²) in [6, 6.07) is 18.6. The number of ether oxygens (including phenoxy) is 1. The van der Waals surface area contributed by atoms with Gasteiger partial charge in [-0.25, -0.2) is 0 Å². The van der Waals surface area contributed by atoms with Crippen molar-refractivity contribution in [3.05, 3.63) is 81.8 Å². The molecule has 174 valence electrons. The molecule has 1 N–H and O–H groups in total. The number of aryl methyl sites for hydroxylation is 2. The molecule has 1 amide bonds. The van der Waals surface area contributed by atoms with Crippen LogP contribution in [0.15, 0.2) is 65.8 Å². The Bertz CT molecular complexity index is 1340. The monoisotopic (exact) mass is 512 g/mol. The second kappa shape index (κ2) is 10.5. The van der Waals surface area contributed by atoms with Gasteiger partial charge in [-0.1, -0.05) is 65.3 Å². The Balaban J connectivity index is 1.69. The molecular formula is C25H22Cl2N4O2S. The summed E-state index contributed by atoms with van der Waals surface area (Å²) in [6.45, 7) is 3.94. The van der Waals surface area contributed by atoms with E-state index in [-0.39, 0.29) is 11.7 Å². The summed E-state index contributed by atoms with van der Waals surface area (Å²) in [5, 5.41) is 13.3. The van der Waals surface area contributed by atoms with Crippen LogP contribution in [0.1, 0.15) is 11.1 Å². The van der Waals surface area contributed by atoms with Crippen LogP contribution in [-0.4, -0.2) is 33.5 Å². The number of thioether (sulfide) groups is 1. The van der Waals surface area contributed by atoms with Gasteiger partial charge in [-0.15, -0.1) is 10.2 Å². The quantitative estimate of drug-likeness (QED) is 0.282. The third-order valence-corrected chi connectivity index (χ3v) is 6.69. The van der Waals surface area contributed by atoms with Crippen molar-refractivity contribution in [3.63, 3.8) is 0 Å². The van der Waals surface area contributed by atoms with Crippen molar-refractivity contribution in [2.45, 2.75) is 19.0 Å². The molecule has 0 aliphatic carbocycles. The first-order valence-corrected chi connectivity index (χ1v) is 12.2. The Morgan fingerprint density at radius 3 is 2.47 bits per heavy atom. The SMILES string of the molecule is COc1ccccc1-n1c(SCC(=O)Nc2c(C)cccc2C)nnc1-c1ccc(Cl)cc1Cl. The first kappa shape index (κ1) is 24.1. The summed E-state index contributed by atoms with van der Waals surface area (Å²) in [7, 11) is 1.60. The van der Waals surface area contributed by atoms with Gasteiger partial charge in [-0.3, -0.25) is 9.36 Å². The molecule has 3 aromatic carbocycles. The maximum Gasteiger partial charge on any atom is 0.234 e. The number of methoxy groups -OCH3 is 1. The minimum atomic E-state index is -0.136. The Kier molecular flexibility index (Phi) is 7.46. The van der Waals surface area contributed by atoms with Crippen LogP contribution < -0.4 is 10.1 Å². The van der Waals surface area contributed by atoms with Crippen LogP contribution in [0.2, 0.25) is 10.0 Å². The summed E-state index contributed by atoms with van der Waals surface area (Å²) in [6.07, 6.45) is 0. The fraction of sp³-hybridized carbons (Fsp3) is 0.160. The number of anilines is 1. The number of carbonyl (C=O) groups excluding carboxylic acids is 1. The molecule has 1 aromatic heterocycles. The predicted molar refractivity (Wildman–Crippen MR) is 139 cm³/mol. The van der Waals surface area contributed by atoms with E-state index in [0.29, 0.717) is 32.3 Å². The molecule has 1 heterocycles. The number of carbonyl (C=O) groups is 1. The van der Waals surface area contributed by atoms with Crippen molar-refractivity contribution in [3.8, 4) is 22.8 Å². The Labute approximate surface area is 212 Å². The standard InChI is InChI=1S/C25H22Cl2N4O2S/c1-15-7-6-8-16(2)23(15)28-22(32)14-34-25-30-29-24(18-12-11-17(26)13-19(18)27)31(25)20-9-4-5-10-21(20)33-3/h4-13H,14H2,1-3H3,(H,28,32). The van der Waals surface area contributed by atoms with Crippen molar-refractivity contribution in [2.75, 3.05) is 18.2 Å². The maximum atomic E-state index is 12.8. The molecule has 0 bridgehead atoms. The van der Waals surface area contributed by atoms with E-state index >= 15 is 0 Å². The van der Waals surface area contributed by atoms with Gasteiger partial charge in [-0.05, 0) is 55.3 Å². The van der Waals surface area contributed by atoms with Crippen LogP contribution >= 0.6 is 35.0 Å². The molecule has 4 rings (SSSR count). The number of hydrogen-bond acceptors (Lipinski definition) is 5. The summed E-state index contributed by atoms with van der Waals surface area (Å²) < 4.78 is 7.41. The van der Waals surface area contributed by atoms with Crippen LogP contribution in [0.5, 0.6) is 5.75 Å². The zero-order chi connectivity index (χ0) is 24.2. The number of aromatic nitrogens is 3. The van der Waals surface area contributed by atoms with Gasteiger partial charge in [0.15, 0.2) is 11.0 Å². The number of rotatable bonds is 7. The number of amides is 1. The highest BCUT2D eigenvalue weighted by molar-refractivity contribution is 7.99. The molecule has 4 aromatic rings. The normalized spacial score (nSPS) is 10.9. The fourth-order valence-electron chi connectivity index (χ4n) is 3.56. The first-order chi connectivity index (χ1) is 16.4. The molecule has 6 nitrogen and oxygen atoms in total. The zero-order valence-electron chi connectivity index (χ0n) is 18.8. The number of halogens is 2. The van der Waals surface area contributed by atoms with Gasteiger partial charge in [0.1, 0.15) is 5.75 Å². The van der Waals surface area contributed by atoms with E-state index in [0.717, 1.165) is 22.5 Å². The third kappa shape index (κ3) is 5.06. The lowest BCUT2D eigenvalue weighted by molar-refractivity contribution is -0.113. The largest absolute Gasteiger partial charge is 0.495 e. The second-order valence-corrected chi connectivity index (χ2v) is 9.33. The highest BCUT2D eigenvalue weighted by atomic mass is 35.5. The topological polar surface area (TPSA) is 69.0 Å². The average Bonchev–Trinajstić information content (AvgIpc) is 3.23.